The third kappa shape index (κ3) is 4.79. The molecule has 0 aromatic carbocycles. The van der Waals surface area contributed by atoms with E-state index in [0.29, 0.717) is 18.7 Å². The topological polar surface area (TPSA) is 86.9 Å². The number of nitrogens with zero attached hydrogens (tertiary/aromatic N) is 1. The predicted molar refractivity (Wildman–Crippen MR) is 78.8 cm³/mol. The standard InChI is InChI=1S/C11H22N4O2S2/c1-5-12-6-9-7-13-15-10(9)19(16,17)14-8-11(2,3)18-4/h7,12,14H,5-6,8H2,1-4H3,(H,13,15). The van der Waals surface area contributed by atoms with Crippen LogP contribution in [0.1, 0.15) is 26.3 Å². The minimum absolute atomic E-state index is 0.144. The molecule has 0 atom stereocenters. The van der Waals surface area contributed by atoms with Crippen LogP contribution < -0.4 is 10.0 Å². The van der Waals surface area contributed by atoms with Gasteiger partial charge in [-0.2, -0.15) is 16.9 Å². The number of hydrogen-bond donors (Lipinski definition) is 3. The van der Waals surface area contributed by atoms with Crippen LogP contribution in [0.2, 0.25) is 0 Å². The molecule has 0 bridgehead atoms. The zero-order valence-electron chi connectivity index (χ0n) is 11.8. The Kier molecular flexibility index (Phi) is 5.84. The van der Waals surface area contributed by atoms with Gasteiger partial charge in [0.25, 0.3) is 10.0 Å². The van der Waals surface area contributed by atoms with Gasteiger partial charge in [0.05, 0.1) is 6.20 Å². The van der Waals surface area contributed by atoms with Crippen LogP contribution in [0.3, 0.4) is 0 Å². The second kappa shape index (κ2) is 6.74. The van der Waals surface area contributed by atoms with Gasteiger partial charge in [-0.15, -0.1) is 0 Å². The number of H-pyrrole nitrogens is 1. The minimum Gasteiger partial charge on any atom is -0.313 e. The summed E-state index contributed by atoms with van der Waals surface area (Å²) in [6.07, 6.45) is 3.50. The summed E-state index contributed by atoms with van der Waals surface area (Å²) < 4.78 is 26.9. The van der Waals surface area contributed by atoms with Crippen LogP contribution in [0.5, 0.6) is 0 Å². The molecule has 0 aliphatic rings. The molecule has 1 aromatic rings. The van der Waals surface area contributed by atoms with Gasteiger partial charge in [-0.05, 0) is 26.6 Å². The first-order valence-corrected chi connectivity index (χ1v) is 8.81. The van der Waals surface area contributed by atoms with Crippen molar-refractivity contribution in [1.82, 2.24) is 20.2 Å². The van der Waals surface area contributed by atoms with Crippen LogP contribution in [-0.4, -0.2) is 42.7 Å². The van der Waals surface area contributed by atoms with Crippen molar-refractivity contribution in [2.45, 2.75) is 37.1 Å². The van der Waals surface area contributed by atoms with E-state index in [1.807, 2.05) is 27.0 Å². The zero-order chi connectivity index (χ0) is 14.5. The van der Waals surface area contributed by atoms with E-state index in [0.717, 1.165) is 6.54 Å². The lowest BCUT2D eigenvalue weighted by Gasteiger charge is -2.22. The van der Waals surface area contributed by atoms with Crippen LogP contribution in [0.4, 0.5) is 0 Å². The normalized spacial score (nSPS) is 12.8. The highest BCUT2D eigenvalue weighted by Gasteiger charge is 2.24. The fourth-order valence-corrected chi connectivity index (χ4v) is 2.98. The van der Waals surface area contributed by atoms with Crippen molar-refractivity contribution in [1.29, 1.82) is 0 Å². The Morgan fingerprint density at radius 3 is 2.74 bits per heavy atom. The first kappa shape index (κ1) is 16.5. The van der Waals surface area contributed by atoms with Crippen molar-refractivity contribution in [2.75, 3.05) is 19.3 Å². The smallest absolute Gasteiger partial charge is 0.257 e. The fourth-order valence-electron chi connectivity index (χ4n) is 1.33. The minimum atomic E-state index is -3.54. The Hall–Kier alpha value is -0.570. The number of sulfonamides is 1. The Bertz CT molecular complexity index is 497. The Morgan fingerprint density at radius 1 is 1.47 bits per heavy atom. The molecule has 1 aromatic heterocycles. The zero-order valence-corrected chi connectivity index (χ0v) is 13.4. The molecule has 1 rings (SSSR count). The highest BCUT2D eigenvalue weighted by atomic mass is 32.2. The van der Waals surface area contributed by atoms with Crippen molar-refractivity contribution in [3.8, 4) is 0 Å². The largest absolute Gasteiger partial charge is 0.313 e. The lowest BCUT2D eigenvalue weighted by atomic mass is 10.2. The summed E-state index contributed by atoms with van der Waals surface area (Å²) in [4.78, 5) is 0. The van der Waals surface area contributed by atoms with E-state index < -0.39 is 10.0 Å². The summed E-state index contributed by atoms with van der Waals surface area (Å²) in [5.41, 5.74) is 0.649. The molecule has 0 spiro atoms. The summed E-state index contributed by atoms with van der Waals surface area (Å²) in [5.74, 6) is 0. The molecule has 0 fully saturated rings. The molecule has 0 amide bonds. The van der Waals surface area contributed by atoms with E-state index >= 15 is 0 Å². The summed E-state index contributed by atoms with van der Waals surface area (Å²) in [6, 6.07) is 0. The molecule has 6 nitrogen and oxygen atoms in total. The Labute approximate surface area is 119 Å². The van der Waals surface area contributed by atoms with Gasteiger partial charge >= 0.3 is 0 Å². The molecule has 1 heterocycles. The van der Waals surface area contributed by atoms with Crippen LogP contribution in [0.25, 0.3) is 0 Å². The lowest BCUT2D eigenvalue weighted by molar-refractivity contribution is 0.564. The fraction of sp³-hybridized carbons (Fsp3) is 0.727. The molecule has 0 aliphatic carbocycles. The Balaban J connectivity index is 2.80. The van der Waals surface area contributed by atoms with Gasteiger partial charge in [0, 0.05) is 23.4 Å². The summed E-state index contributed by atoms with van der Waals surface area (Å²) in [7, 11) is -3.54. The van der Waals surface area contributed by atoms with Gasteiger partial charge in [0.15, 0.2) is 5.03 Å². The third-order valence-corrected chi connectivity index (χ3v) is 5.42. The van der Waals surface area contributed by atoms with Gasteiger partial charge in [0.2, 0.25) is 0 Å². The van der Waals surface area contributed by atoms with Crippen LogP contribution in [-0.2, 0) is 16.6 Å². The first-order valence-electron chi connectivity index (χ1n) is 6.10. The molecule has 0 radical (unpaired) electrons. The van der Waals surface area contributed by atoms with E-state index in [9.17, 15) is 8.42 Å². The van der Waals surface area contributed by atoms with Gasteiger partial charge in [-0.1, -0.05) is 6.92 Å². The third-order valence-electron chi connectivity index (χ3n) is 2.75. The van der Waals surface area contributed by atoms with Crippen LogP contribution in [0.15, 0.2) is 11.2 Å². The van der Waals surface area contributed by atoms with Crippen molar-refractivity contribution in [2.24, 2.45) is 0 Å². The summed E-state index contributed by atoms with van der Waals surface area (Å²) in [5, 5.41) is 9.61. The van der Waals surface area contributed by atoms with Crippen molar-refractivity contribution in [3.05, 3.63) is 11.8 Å². The van der Waals surface area contributed by atoms with Crippen molar-refractivity contribution >= 4 is 21.8 Å². The molecule has 3 N–H and O–H groups in total. The summed E-state index contributed by atoms with van der Waals surface area (Å²) >= 11 is 1.62. The van der Waals surface area contributed by atoms with Gasteiger partial charge < -0.3 is 5.32 Å². The number of nitrogens with one attached hydrogen (secondary N) is 3. The van der Waals surface area contributed by atoms with E-state index in [4.69, 9.17) is 0 Å². The van der Waals surface area contributed by atoms with Gasteiger partial charge in [-0.25, -0.2) is 13.1 Å². The van der Waals surface area contributed by atoms with E-state index in [1.54, 1.807) is 11.8 Å². The molecular weight excluding hydrogens is 284 g/mol. The second-order valence-corrected chi connectivity index (χ2v) is 8.01. The van der Waals surface area contributed by atoms with Crippen molar-refractivity contribution < 1.29 is 8.42 Å². The number of aromatic amines is 1. The average Bonchev–Trinajstić information content (AvgIpc) is 2.83. The van der Waals surface area contributed by atoms with E-state index in [2.05, 4.69) is 20.2 Å². The Morgan fingerprint density at radius 2 is 2.16 bits per heavy atom. The molecule has 110 valence electrons. The molecule has 0 saturated carbocycles. The summed E-state index contributed by atoms with van der Waals surface area (Å²) in [6.45, 7) is 7.58. The molecule has 8 heteroatoms. The average molecular weight is 306 g/mol. The molecule has 19 heavy (non-hydrogen) atoms. The first-order chi connectivity index (χ1) is 8.82. The van der Waals surface area contributed by atoms with Crippen LogP contribution in [0, 0.1) is 0 Å². The number of hydrogen-bond acceptors (Lipinski definition) is 5. The monoisotopic (exact) mass is 306 g/mol. The highest BCUT2D eigenvalue weighted by molar-refractivity contribution is 8.00. The van der Waals surface area contributed by atoms with E-state index in [1.165, 1.54) is 6.20 Å². The molecular formula is C11H22N4O2S2. The number of aromatic nitrogens is 2. The van der Waals surface area contributed by atoms with Gasteiger partial charge in [0.1, 0.15) is 0 Å². The highest BCUT2D eigenvalue weighted by Crippen LogP contribution is 2.21. The maximum atomic E-state index is 12.2. The quantitative estimate of drug-likeness (QED) is 0.665. The maximum Gasteiger partial charge on any atom is 0.257 e. The van der Waals surface area contributed by atoms with E-state index in [-0.39, 0.29) is 9.77 Å². The van der Waals surface area contributed by atoms with Crippen LogP contribution >= 0.6 is 11.8 Å². The second-order valence-electron chi connectivity index (χ2n) is 4.79. The number of thioether (sulfide) groups is 1. The van der Waals surface area contributed by atoms with Gasteiger partial charge in [-0.3, -0.25) is 5.10 Å². The molecule has 0 unspecified atom stereocenters. The predicted octanol–water partition coefficient (Wildman–Crippen LogP) is 0.939. The number of rotatable bonds is 8. The van der Waals surface area contributed by atoms with Crippen molar-refractivity contribution in [3.63, 3.8) is 0 Å². The molecule has 0 saturated heterocycles. The molecule has 0 aliphatic heterocycles. The lowest BCUT2D eigenvalue weighted by Crippen LogP contribution is -2.36. The SMILES string of the molecule is CCNCc1cn[nH]c1S(=O)(=O)NCC(C)(C)SC. The maximum absolute atomic E-state index is 12.2.